The van der Waals surface area contributed by atoms with E-state index in [1.807, 2.05) is 69.2 Å². The smallest absolute Gasteiger partial charge is 0.310 e. The van der Waals surface area contributed by atoms with Crippen LogP contribution in [0.15, 0.2) is 0 Å². The molecule has 0 radical (unpaired) electrons. The number of carbonyl (C=O) groups is 4. The summed E-state index contributed by atoms with van der Waals surface area (Å²) in [6, 6.07) is 0. The molecule has 0 spiro atoms. The lowest BCUT2D eigenvalue weighted by atomic mass is 9.90. The zero-order valence-electron chi connectivity index (χ0n) is 41.2. The number of nitrogens with one attached hydrogen (secondary N) is 2. The van der Waals surface area contributed by atoms with Crippen LogP contribution in [0.5, 0.6) is 0 Å². The number of anilines is 4. The Bertz CT molecular complexity index is 1850. The van der Waals surface area contributed by atoms with Crippen LogP contribution in [0.4, 0.5) is 22.7 Å². The molecular weight excluding hydrogens is 777 g/mol. The lowest BCUT2D eigenvalue weighted by Crippen LogP contribution is -2.30. The molecule has 0 atom stereocenters. The van der Waals surface area contributed by atoms with E-state index < -0.39 is 16.8 Å². The highest BCUT2D eigenvalue weighted by atomic mass is 16.5. The predicted octanol–water partition coefficient (Wildman–Crippen LogP) is 11.8. The van der Waals surface area contributed by atoms with Crippen molar-refractivity contribution in [3.8, 4) is 0 Å². The van der Waals surface area contributed by atoms with Gasteiger partial charge in [-0.05, 0) is 105 Å². The second kappa shape index (κ2) is 24.1. The van der Waals surface area contributed by atoms with Gasteiger partial charge in [0.05, 0.1) is 42.2 Å². The summed E-state index contributed by atoms with van der Waals surface area (Å²) in [5, 5.41) is 15.8. The molecule has 2 aliphatic heterocycles. The Hall–Kier alpha value is -4.08. The van der Waals surface area contributed by atoms with Crippen LogP contribution in [0.2, 0.25) is 0 Å². The maximum absolute atomic E-state index is 13.0. The zero-order chi connectivity index (χ0) is 46.4. The Morgan fingerprint density at radius 2 is 0.935 bits per heavy atom. The third kappa shape index (κ3) is 14.2. The minimum atomic E-state index is -0.837. The maximum Gasteiger partial charge on any atom is 0.310 e. The van der Waals surface area contributed by atoms with Crippen molar-refractivity contribution in [2.75, 3.05) is 53.2 Å². The first kappa shape index (κ1) is 52.3. The van der Waals surface area contributed by atoms with E-state index >= 15 is 0 Å². The fraction of sp³-hybridized carbons (Fsp3) is 0.692. The monoisotopic (exact) mass is 861 g/mol. The number of benzene rings is 2. The molecule has 62 heavy (non-hydrogen) atoms. The highest BCUT2D eigenvalue weighted by Crippen LogP contribution is 2.45. The van der Waals surface area contributed by atoms with Gasteiger partial charge in [-0.1, -0.05) is 120 Å². The van der Waals surface area contributed by atoms with Crippen molar-refractivity contribution in [2.45, 2.75) is 193 Å². The summed E-state index contributed by atoms with van der Waals surface area (Å²) in [5.74, 6) is -1.09. The van der Waals surface area contributed by atoms with E-state index in [1.54, 1.807) is 0 Å². The summed E-state index contributed by atoms with van der Waals surface area (Å²) in [6.07, 6.45) is 17.2. The van der Waals surface area contributed by atoms with Gasteiger partial charge in [-0.3, -0.25) is 19.2 Å². The summed E-state index contributed by atoms with van der Waals surface area (Å²) >= 11 is 0. The molecule has 0 bridgehead atoms. The van der Waals surface area contributed by atoms with Gasteiger partial charge >= 0.3 is 11.9 Å². The van der Waals surface area contributed by atoms with Gasteiger partial charge < -0.3 is 30.3 Å². The number of hydrogen-bond donors (Lipinski definition) is 3. The zero-order valence-corrected chi connectivity index (χ0v) is 41.2. The molecule has 0 aromatic heterocycles. The Kier molecular flexibility index (Phi) is 20.3. The van der Waals surface area contributed by atoms with Crippen LogP contribution >= 0.6 is 0 Å². The van der Waals surface area contributed by atoms with E-state index in [9.17, 15) is 24.3 Å². The number of carbonyl (C=O) groups excluding carboxylic acids is 3. The first-order chi connectivity index (χ1) is 29.2. The van der Waals surface area contributed by atoms with Gasteiger partial charge in [0.15, 0.2) is 0 Å². The molecule has 10 nitrogen and oxygen atoms in total. The number of amides is 2. The number of ether oxygens (including phenoxy) is 1. The molecule has 4 rings (SSSR count). The summed E-state index contributed by atoms with van der Waals surface area (Å²) in [4.78, 5) is 54.4. The van der Waals surface area contributed by atoms with Crippen molar-refractivity contribution in [3.63, 3.8) is 0 Å². The standard InChI is InChI=1S/C27H44N2O3.C25H40N2O3/c1-8-10-11-12-13-14-16-29-17-15-21-19(3)22(18-23(30)32-9-2)20(4)24(25(21)29)28-26(31)27(5,6)7;1-7-8-9-10-11-12-14-27-15-13-19-17(2)20(16-21(28)29)18(3)22(23(19)27)26-24(30)25(4,5)6/h8-18H2,1-7H3,(H,28,31);7-16H2,1-6H3,(H,26,30)(H,28,29). The minimum absolute atomic E-state index is 0.000142. The van der Waals surface area contributed by atoms with Crippen molar-refractivity contribution in [3.05, 3.63) is 44.5 Å². The van der Waals surface area contributed by atoms with Gasteiger partial charge in [0.1, 0.15) is 0 Å². The second-order valence-corrected chi connectivity index (χ2v) is 19.8. The molecule has 0 saturated carbocycles. The molecule has 2 aromatic rings. The molecule has 2 heterocycles. The lowest BCUT2D eigenvalue weighted by molar-refractivity contribution is -0.142. The Morgan fingerprint density at radius 1 is 0.565 bits per heavy atom. The van der Waals surface area contributed by atoms with E-state index in [0.29, 0.717) is 6.61 Å². The van der Waals surface area contributed by atoms with Gasteiger partial charge in [-0.15, -0.1) is 0 Å². The molecule has 2 aromatic carbocycles. The maximum atomic E-state index is 13.0. The third-order valence-electron chi connectivity index (χ3n) is 12.8. The Morgan fingerprint density at radius 3 is 1.29 bits per heavy atom. The second-order valence-electron chi connectivity index (χ2n) is 19.8. The fourth-order valence-corrected chi connectivity index (χ4v) is 8.83. The highest BCUT2D eigenvalue weighted by Gasteiger charge is 2.33. The van der Waals surface area contributed by atoms with Crippen LogP contribution in [-0.4, -0.2) is 61.6 Å². The van der Waals surface area contributed by atoms with Crippen LogP contribution in [-0.2, 0) is 49.6 Å². The van der Waals surface area contributed by atoms with Crippen molar-refractivity contribution in [1.82, 2.24) is 0 Å². The average molecular weight is 861 g/mol. The lowest BCUT2D eigenvalue weighted by Gasteiger charge is -2.28. The number of fused-ring (bicyclic) bond motifs is 2. The SMILES string of the molecule is CCCCCCCCN1CCc2c(C)c(CC(=O)O)c(C)c(NC(=O)C(C)(C)C)c21.CCCCCCCCN1CCc2c(C)c(CC(=O)OCC)c(C)c(NC(=O)C(C)(C)C)c21. The molecule has 2 amide bonds. The highest BCUT2D eigenvalue weighted by molar-refractivity contribution is 6.01. The van der Waals surface area contributed by atoms with E-state index in [-0.39, 0.29) is 30.6 Å². The molecule has 3 N–H and O–H groups in total. The Labute approximate surface area is 375 Å². The van der Waals surface area contributed by atoms with Crippen molar-refractivity contribution in [2.24, 2.45) is 10.8 Å². The van der Waals surface area contributed by atoms with E-state index in [0.717, 1.165) is 90.3 Å². The molecular formula is C52H84N4O6. The van der Waals surface area contributed by atoms with Gasteiger partial charge in [0, 0.05) is 37.0 Å². The first-order valence-electron chi connectivity index (χ1n) is 24.0. The number of unbranched alkanes of at least 4 members (excludes halogenated alkanes) is 10. The van der Waals surface area contributed by atoms with Gasteiger partial charge in [0.2, 0.25) is 11.8 Å². The van der Waals surface area contributed by atoms with E-state index in [1.165, 1.54) is 93.0 Å². The number of nitrogens with zero attached hydrogens (tertiary/aromatic N) is 2. The number of carboxylic acids is 1. The third-order valence-corrected chi connectivity index (χ3v) is 12.8. The van der Waals surface area contributed by atoms with Crippen molar-refractivity contribution in [1.29, 1.82) is 0 Å². The molecule has 0 saturated heterocycles. The number of rotatable bonds is 21. The average Bonchev–Trinajstić information content (AvgIpc) is 3.82. The van der Waals surface area contributed by atoms with E-state index in [2.05, 4.69) is 41.2 Å². The summed E-state index contributed by atoms with van der Waals surface area (Å²) in [6.45, 7) is 30.2. The summed E-state index contributed by atoms with van der Waals surface area (Å²) in [5.41, 5.74) is 11.4. The summed E-state index contributed by atoms with van der Waals surface area (Å²) in [7, 11) is 0. The number of hydrogen-bond acceptors (Lipinski definition) is 7. The first-order valence-corrected chi connectivity index (χ1v) is 24.0. The molecule has 10 heteroatoms. The van der Waals surface area contributed by atoms with Gasteiger partial charge in [-0.2, -0.15) is 0 Å². The number of esters is 1. The van der Waals surface area contributed by atoms with Crippen molar-refractivity contribution < 1.29 is 29.0 Å². The van der Waals surface area contributed by atoms with Crippen LogP contribution in [0.1, 0.15) is 184 Å². The van der Waals surface area contributed by atoms with Crippen molar-refractivity contribution >= 4 is 46.5 Å². The fourth-order valence-electron chi connectivity index (χ4n) is 8.83. The predicted molar refractivity (Wildman–Crippen MR) is 258 cm³/mol. The van der Waals surface area contributed by atoms with Crippen LogP contribution in [0, 0.1) is 38.5 Å². The Balaban J connectivity index is 0.000000331. The molecule has 0 aliphatic carbocycles. The summed E-state index contributed by atoms with van der Waals surface area (Å²) < 4.78 is 5.23. The number of carboxylic acid groups (broad SMARTS) is 1. The molecule has 0 fully saturated rings. The van der Waals surface area contributed by atoms with Gasteiger partial charge in [-0.25, -0.2) is 0 Å². The molecule has 0 unspecified atom stereocenters. The van der Waals surface area contributed by atoms with Gasteiger partial charge in [0.25, 0.3) is 0 Å². The normalized spacial score (nSPS) is 13.4. The molecule has 348 valence electrons. The topological polar surface area (TPSA) is 128 Å². The number of aliphatic carboxylic acids is 1. The largest absolute Gasteiger partial charge is 0.481 e. The minimum Gasteiger partial charge on any atom is -0.481 e. The van der Waals surface area contributed by atoms with E-state index in [4.69, 9.17) is 4.74 Å². The van der Waals surface area contributed by atoms with Crippen LogP contribution < -0.4 is 20.4 Å². The molecule has 2 aliphatic rings. The van der Waals surface area contributed by atoms with Crippen LogP contribution in [0.3, 0.4) is 0 Å². The quantitative estimate of drug-likeness (QED) is 0.0836. The van der Waals surface area contributed by atoms with Crippen LogP contribution in [0.25, 0.3) is 0 Å².